The van der Waals surface area contributed by atoms with Gasteiger partial charge in [0, 0.05) is 17.8 Å². The van der Waals surface area contributed by atoms with Gasteiger partial charge in [0.15, 0.2) is 11.5 Å². The topological polar surface area (TPSA) is 103 Å². The van der Waals surface area contributed by atoms with Crippen LogP contribution in [0.4, 0.5) is 5.69 Å². The van der Waals surface area contributed by atoms with E-state index in [2.05, 4.69) is 10.6 Å². The van der Waals surface area contributed by atoms with Gasteiger partial charge in [-0.25, -0.2) is 0 Å². The van der Waals surface area contributed by atoms with Crippen molar-refractivity contribution in [3.8, 4) is 11.5 Å². The number of hydrogen-bond acceptors (Lipinski definition) is 5. The molecule has 0 saturated carbocycles. The zero-order chi connectivity index (χ0) is 18.9. The number of nitrogens with two attached hydrogens (primary N) is 1. The number of methoxy groups -OCH3 is 2. The normalized spacial score (nSPS) is 9.70. The Morgan fingerprint density at radius 1 is 1.04 bits per heavy atom. The number of primary amides is 1. The largest absolute Gasteiger partial charge is 0.493 e. The van der Waals surface area contributed by atoms with Crippen molar-refractivity contribution in [2.24, 2.45) is 5.73 Å². The molecule has 27 heavy (non-hydrogen) atoms. The molecule has 0 atom stereocenters. The number of halogens is 1. The minimum Gasteiger partial charge on any atom is -0.493 e. The van der Waals surface area contributed by atoms with E-state index in [1.54, 1.807) is 38.5 Å². The Morgan fingerprint density at radius 3 is 2.44 bits per heavy atom. The number of carbonyl (C=O) groups is 2. The van der Waals surface area contributed by atoms with E-state index in [0.29, 0.717) is 35.7 Å². The van der Waals surface area contributed by atoms with E-state index in [1.165, 1.54) is 0 Å². The third-order valence-electron chi connectivity index (χ3n) is 3.78. The van der Waals surface area contributed by atoms with Crippen LogP contribution in [0, 0.1) is 0 Å². The predicted molar refractivity (Wildman–Crippen MR) is 107 cm³/mol. The van der Waals surface area contributed by atoms with Crippen molar-refractivity contribution < 1.29 is 19.1 Å². The molecule has 2 aromatic rings. The van der Waals surface area contributed by atoms with E-state index in [9.17, 15) is 9.59 Å². The first-order valence-electron chi connectivity index (χ1n) is 8.15. The number of nitrogens with one attached hydrogen (secondary N) is 2. The fourth-order valence-electron chi connectivity index (χ4n) is 2.41. The van der Waals surface area contributed by atoms with Gasteiger partial charge in [0.25, 0.3) is 0 Å². The van der Waals surface area contributed by atoms with Crippen LogP contribution in [-0.2, 0) is 11.2 Å². The molecular formula is C19H24ClN3O4. The summed E-state index contributed by atoms with van der Waals surface area (Å²) in [6.45, 7) is 0.603. The highest BCUT2D eigenvalue weighted by molar-refractivity contribution is 5.93. The molecule has 2 rings (SSSR count). The molecule has 0 fully saturated rings. The van der Waals surface area contributed by atoms with E-state index < -0.39 is 5.91 Å². The van der Waals surface area contributed by atoms with Crippen LogP contribution in [0.15, 0.2) is 42.5 Å². The van der Waals surface area contributed by atoms with Crippen LogP contribution in [0.2, 0.25) is 0 Å². The molecule has 146 valence electrons. The molecule has 4 N–H and O–H groups in total. The molecule has 2 amide bonds. The lowest BCUT2D eigenvalue weighted by molar-refractivity contribution is -0.119. The minimum atomic E-state index is -0.506. The molecule has 7 nitrogen and oxygen atoms in total. The zero-order valence-electron chi connectivity index (χ0n) is 15.3. The molecule has 0 aliphatic rings. The van der Waals surface area contributed by atoms with Crippen LogP contribution in [0.5, 0.6) is 11.5 Å². The second-order valence-electron chi connectivity index (χ2n) is 5.59. The van der Waals surface area contributed by atoms with Crippen molar-refractivity contribution in [1.29, 1.82) is 0 Å². The van der Waals surface area contributed by atoms with E-state index >= 15 is 0 Å². The maximum atomic E-state index is 11.9. The second kappa shape index (κ2) is 10.9. The average molecular weight is 394 g/mol. The number of amides is 2. The molecule has 0 radical (unpaired) electrons. The van der Waals surface area contributed by atoms with Gasteiger partial charge < -0.3 is 25.8 Å². The van der Waals surface area contributed by atoms with Gasteiger partial charge in [-0.15, -0.1) is 12.4 Å². The Hall–Kier alpha value is -2.93. The van der Waals surface area contributed by atoms with Crippen molar-refractivity contribution in [1.82, 2.24) is 5.32 Å². The summed E-state index contributed by atoms with van der Waals surface area (Å²) in [5, 5.41) is 5.81. The highest BCUT2D eigenvalue weighted by Crippen LogP contribution is 2.27. The summed E-state index contributed by atoms with van der Waals surface area (Å²) in [5.74, 6) is 0.679. The van der Waals surface area contributed by atoms with Crippen molar-refractivity contribution in [2.45, 2.75) is 6.42 Å². The Kier molecular flexibility index (Phi) is 8.95. The summed E-state index contributed by atoms with van der Waals surface area (Å²) < 4.78 is 10.5. The van der Waals surface area contributed by atoms with Gasteiger partial charge in [0.05, 0.1) is 20.8 Å². The van der Waals surface area contributed by atoms with Gasteiger partial charge >= 0.3 is 0 Å². The monoisotopic (exact) mass is 393 g/mol. The van der Waals surface area contributed by atoms with Gasteiger partial charge in [0.2, 0.25) is 11.8 Å². The number of hydrogen-bond donors (Lipinski definition) is 3. The summed E-state index contributed by atoms with van der Waals surface area (Å²) in [6, 6.07) is 12.4. The molecule has 0 spiro atoms. The van der Waals surface area contributed by atoms with E-state index in [1.807, 2.05) is 18.2 Å². The van der Waals surface area contributed by atoms with Crippen molar-refractivity contribution in [2.75, 3.05) is 32.6 Å². The van der Waals surface area contributed by atoms with Crippen LogP contribution in [0.3, 0.4) is 0 Å². The van der Waals surface area contributed by atoms with E-state index in [0.717, 1.165) is 5.56 Å². The van der Waals surface area contributed by atoms with Gasteiger partial charge in [-0.3, -0.25) is 9.59 Å². The first kappa shape index (κ1) is 22.1. The Labute approximate surface area is 164 Å². The molecular weight excluding hydrogens is 370 g/mol. The number of anilines is 1. The fraction of sp³-hybridized carbons (Fsp3) is 0.263. The number of benzene rings is 2. The summed E-state index contributed by atoms with van der Waals surface area (Å²) in [7, 11) is 3.17. The van der Waals surface area contributed by atoms with E-state index in [-0.39, 0.29) is 24.9 Å². The van der Waals surface area contributed by atoms with Gasteiger partial charge in [-0.05, 0) is 42.3 Å². The summed E-state index contributed by atoms with van der Waals surface area (Å²) in [5.41, 5.74) is 7.32. The quantitative estimate of drug-likeness (QED) is 0.604. The Balaban J connectivity index is 0.00000364. The van der Waals surface area contributed by atoms with Crippen LogP contribution in [-0.4, -0.2) is 39.1 Å². The molecule has 0 aliphatic carbocycles. The molecule has 0 heterocycles. The van der Waals surface area contributed by atoms with E-state index in [4.69, 9.17) is 15.2 Å². The average Bonchev–Trinajstić information content (AvgIpc) is 2.66. The van der Waals surface area contributed by atoms with Gasteiger partial charge in [-0.1, -0.05) is 12.1 Å². The second-order valence-corrected chi connectivity index (χ2v) is 5.59. The highest BCUT2D eigenvalue weighted by atomic mass is 35.5. The van der Waals surface area contributed by atoms with Crippen molar-refractivity contribution in [3.63, 3.8) is 0 Å². The first-order valence-corrected chi connectivity index (χ1v) is 8.15. The maximum Gasteiger partial charge on any atom is 0.248 e. The minimum absolute atomic E-state index is 0. The van der Waals surface area contributed by atoms with Gasteiger partial charge in [-0.2, -0.15) is 0 Å². The molecule has 0 unspecified atom stereocenters. The molecule has 8 heteroatoms. The molecule has 0 bridgehead atoms. The lowest BCUT2D eigenvalue weighted by atomic mass is 10.1. The number of carbonyl (C=O) groups excluding carboxylic acids is 2. The van der Waals surface area contributed by atoms with Crippen LogP contribution >= 0.6 is 12.4 Å². The third-order valence-corrected chi connectivity index (χ3v) is 3.78. The van der Waals surface area contributed by atoms with Crippen molar-refractivity contribution in [3.05, 3.63) is 53.6 Å². The van der Waals surface area contributed by atoms with Crippen LogP contribution < -0.4 is 25.8 Å². The molecule has 0 saturated heterocycles. The first-order chi connectivity index (χ1) is 12.5. The van der Waals surface area contributed by atoms with Crippen LogP contribution in [0.1, 0.15) is 15.9 Å². The molecule has 2 aromatic carbocycles. The lowest BCUT2D eigenvalue weighted by Crippen LogP contribution is -2.31. The van der Waals surface area contributed by atoms with Crippen LogP contribution in [0.25, 0.3) is 0 Å². The predicted octanol–water partition coefficient (Wildman–Crippen LogP) is 2.00. The highest BCUT2D eigenvalue weighted by Gasteiger charge is 2.06. The smallest absolute Gasteiger partial charge is 0.248 e. The SMILES string of the molecule is COc1ccc(CCNC(=O)CNc2cccc(C(N)=O)c2)cc1OC.Cl. The number of ether oxygens (including phenoxy) is 2. The standard InChI is InChI=1S/C19H23N3O4.ClH/c1-25-16-7-6-13(10-17(16)26-2)8-9-21-18(23)12-22-15-5-3-4-14(11-15)19(20)24;/h3-7,10-11,22H,8-9,12H2,1-2H3,(H2,20,24)(H,21,23);1H. The lowest BCUT2D eigenvalue weighted by Gasteiger charge is -2.11. The van der Waals surface area contributed by atoms with Crippen molar-refractivity contribution >= 4 is 29.9 Å². The Bertz CT molecular complexity index is 783. The third kappa shape index (κ3) is 6.71. The molecule has 0 aromatic heterocycles. The fourth-order valence-corrected chi connectivity index (χ4v) is 2.41. The number of rotatable bonds is 9. The summed E-state index contributed by atoms with van der Waals surface area (Å²) >= 11 is 0. The van der Waals surface area contributed by atoms with Gasteiger partial charge in [0.1, 0.15) is 0 Å². The Morgan fingerprint density at radius 2 is 1.78 bits per heavy atom. The maximum absolute atomic E-state index is 11.9. The zero-order valence-corrected chi connectivity index (χ0v) is 16.1. The summed E-state index contributed by atoms with van der Waals surface area (Å²) in [4.78, 5) is 23.1. The summed E-state index contributed by atoms with van der Waals surface area (Å²) in [6.07, 6.45) is 0.670. The molecule has 0 aliphatic heterocycles.